The summed E-state index contributed by atoms with van der Waals surface area (Å²) in [5, 5.41) is 9.44. The lowest BCUT2D eigenvalue weighted by Crippen LogP contribution is -2.30. The monoisotopic (exact) mass is 228 g/mol. The first kappa shape index (κ1) is 14.0. The summed E-state index contributed by atoms with van der Waals surface area (Å²) in [6.45, 7) is 9.50. The molecule has 0 saturated heterocycles. The summed E-state index contributed by atoms with van der Waals surface area (Å²) in [4.78, 5) is 0. The van der Waals surface area contributed by atoms with Gasteiger partial charge in [-0.15, -0.1) is 0 Å². The Hall–Kier alpha value is -0.0800. The fourth-order valence-electron chi connectivity index (χ4n) is 2.46. The van der Waals surface area contributed by atoms with Crippen molar-refractivity contribution >= 4 is 0 Å². The van der Waals surface area contributed by atoms with E-state index in [2.05, 4.69) is 20.8 Å². The zero-order valence-electron chi connectivity index (χ0n) is 11.3. The van der Waals surface area contributed by atoms with Crippen LogP contribution in [0.1, 0.15) is 59.8 Å². The van der Waals surface area contributed by atoms with Gasteiger partial charge in [-0.25, -0.2) is 0 Å². The summed E-state index contributed by atoms with van der Waals surface area (Å²) >= 11 is 0. The van der Waals surface area contributed by atoms with E-state index >= 15 is 0 Å². The normalized spacial score (nSPS) is 29.1. The molecule has 0 amide bonds. The van der Waals surface area contributed by atoms with Crippen LogP contribution in [0, 0.1) is 11.3 Å². The van der Waals surface area contributed by atoms with Crippen LogP contribution in [0.2, 0.25) is 0 Å². The van der Waals surface area contributed by atoms with Gasteiger partial charge in [0, 0.05) is 0 Å². The Morgan fingerprint density at radius 2 is 1.75 bits per heavy atom. The van der Waals surface area contributed by atoms with Gasteiger partial charge in [0.15, 0.2) is 0 Å². The van der Waals surface area contributed by atoms with Crippen LogP contribution in [0.4, 0.5) is 0 Å². The maximum Gasteiger partial charge on any atom is 0.0771 e. The molecular weight excluding hydrogens is 200 g/mol. The van der Waals surface area contributed by atoms with E-state index in [1.165, 1.54) is 25.7 Å². The Bertz CT molecular complexity index is 187. The van der Waals surface area contributed by atoms with E-state index in [0.717, 1.165) is 12.3 Å². The molecule has 1 atom stereocenters. The summed E-state index contributed by atoms with van der Waals surface area (Å²) in [5.41, 5.74) is 0.438. The molecule has 2 heteroatoms. The largest absolute Gasteiger partial charge is 0.391 e. The molecule has 1 rings (SSSR count). The number of aliphatic hydroxyl groups is 1. The molecule has 0 bridgehead atoms. The van der Waals surface area contributed by atoms with Crippen LogP contribution in [0.5, 0.6) is 0 Å². The molecule has 2 nitrogen and oxygen atoms in total. The Balaban J connectivity index is 2.22. The number of hydrogen-bond acceptors (Lipinski definition) is 2. The summed E-state index contributed by atoms with van der Waals surface area (Å²) in [6.07, 6.45) is 5.78. The third-order valence-electron chi connectivity index (χ3n) is 3.89. The topological polar surface area (TPSA) is 29.5 Å². The summed E-state index contributed by atoms with van der Waals surface area (Å²) < 4.78 is 5.75. The van der Waals surface area contributed by atoms with Crippen molar-refractivity contribution in [1.29, 1.82) is 0 Å². The summed E-state index contributed by atoms with van der Waals surface area (Å²) in [6, 6.07) is 0. The molecule has 1 aliphatic carbocycles. The molecule has 0 aromatic heterocycles. The number of hydrogen-bond donors (Lipinski definition) is 1. The van der Waals surface area contributed by atoms with E-state index in [1.54, 1.807) is 0 Å². The van der Waals surface area contributed by atoms with Crippen LogP contribution >= 0.6 is 0 Å². The number of ether oxygens (including phenoxy) is 1. The highest BCUT2D eigenvalue weighted by Crippen LogP contribution is 2.38. The Kier molecular flexibility index (Phi) is 5.26. The maximum absolute atomic E-state index is 9.44. The van der Waals surface area contributed by atoms with E-state index in [4.69, 9.17) is 4.74 Å². The molecule has 0 aliphatic heterocycles. The average Bonchev–Trinajstić information content (AvgIpc) is 2.25. The predicted molar refractivity (Wildman–Crippen MR) is 67.5 cm³/mol. The van der Waals surface area contributed by atoms with Crippen molar-refractivity contribution in [3.05, 3.63) is 0 Å². The van der Waals surface area contributed by atoms with Gasteiger partial charge in [-0.05, 0) is 43.4 Å². The minimum Gasteiger partial charge on any atom is -0.391 e. The quantitative estimate of drug-likeness (QED) is 0.799. The molecule has 16 heavy (non-hydrogen) atoms. The van der Waals surface area contributed by atoms with Gasteiger partial charge in [-0.3, -0.25) is 0 Å². The van der Waals surface area contributed by atoms with E-state index in [1.807, 2.05) is 6.92 Å². The average molecular weight is 228 g/mol. The first-order valence-corrected chi connectivity index (χ1v) is 6.73. The lowest BCUT2D eigenvalue weighted by molar-refractivity contribution is -0.0373. The first-order chi connectivity index (χ1) is 7.43. The lowest BCUT2D eigenvalue weighted by atomic mass is 9.72. The highest BCUT2D eigenvalue weighted by molar-refractivity contribution is 4.80. The Morgan fingerprint density at radius 3 is 2.19 bits per heavy atom. The minimum atomic E-state index is -0.277. The molecule has 1 unspecified atom stereocenters. The van der Waals surface area contributed by atoms with E-state index < -0.39 is 0 Å². The lowest BCUT2D eigenvalue weighted by Gasteiger charge is -2.37. The van der Waals surface area contributed by atoms with Crippen molar-refractivity contribution in [3.8, 4) is 0 Å². The molecule has 0 aromatic carbocycles. The van der Waals surface area contributed by atoms with Crippen molar-refractivity contribution in [2.75, 3.05) is 6.61 Å². The van der Waals surface area contributed by atoms with Crippen LogP contribution in [0.3, 0.4) is 0 Å². The van der Waals surface area contributed by atoms with Gasteiger partial charge >= 0.3 is 0 Å². The second-order valence-electron chi connectivity index (χ2n) is 6.24. The SMILES string of the molecule is CCC(O)CO[C@H]1CC[C@H](C(C)(C)C)CC1. The number of rotatable bonds is 4. The second-order valence-corrected chi connectivity index (χ2v) is 6.24. The van der Waals surface area contributed by atoms with Crippen molar-refractivity contribution in [2.24, 2.45) is 11.3 Å². The highest BCUT2D eigenvalue weighted by atomic mass is 16.5. The molecule has 0 radical (unpaired) electrons. The maximum atomic E-state index is 9.44. The standard InChI is InChI=1S/C14H28O2/c1-5-12(15)10-16-13-8-6-11(7-9-13)14(2,3)4/h11-13,15H,5-10H2,1-4H3/t11-,12?,13-. The molecule has 0 heterocycles. The van der Waals surface area contributed by atoms with Gasteiger partial charge in [0.05, 0.1) is 18.8 Å². The smallest absolute Gasteiger partial charge is 0.0771 e. The van der Waals surface area contributed by atoms with Gasteiger partial charge in [0.25, 0.3) is 0 Å². The molecule has 1 N–H and O–H groups in total. The highest BCUT2D eigenvalue weighted by Gasteiger charge is 2.29. The van der Waals surface area contributed by atoms with Crippen molar-refractivity contribution < 1.29 is 9.84 Å². The zero-order chi connectivity index (χ0) is 12.2. The molecule has 0 aromatic rings. The molecule has 1 saturated carbocycles. The molecule has 1 fully saturated rings. The van der Waals surface area contributed by atoms with Gasteiger partial charge in [-0.2, -0.15) is 0 Å². The summed E-state index contributed by atoms with van der Waals surface area (Å²) in [5.74, 6) is 0.837. The van der Waals surface area contributed by atoms with Crippen LogP contribution in [-0.2, 0) is 4.74 Å². The Morgan fingerprint density at radius 1 is 1.19 bits per heavy atom. The van der Waals surface area contributed by atoms with E-state index in [0.29, 0.717) is 18.1 Å². The van der Waals surface area contributed by atoms with Gasteiger partial charge in [0.1, 0.15) is 0 Å². The summed E-state index contributed by atoms with van der Waals surface area (Å²) in [7, 11) is 0. The zero-order valence-corrected chi connectivity index (χ0v) is 11.3. The fourth-order valence-corrected chi connectivity index (χ4v) is 2.46. The third-order valence-corrected chi connectivity index (χ3v) is 3.89. The molecule has 1 aliphatic rings. The number of aliphatic hydroxyl groups excluding tert-OH is 1. The molecule has 0 spiro atoms. The van der Waals surface area contributed by atoms with Crippen LogP contribution in [0.25, 0.3) is 0 Å². The third kappa shape index (κ3) is 4.42. The predicted octanol–water partition coefficient (Wildman–Crippen LogP) is 3.38. The fraction of sp³-hybridized carbons (Fsp3) is 1.00. The Labute approximate surface area is 100 Å². The molecular formula is C14H28O2. The second kappa shape index (κ2) is 6.02. The van der Waals surface area contributed by atoms with Crippen molar-refractivity contribution in [1.82, 2.24) is 0 Å². The first-order valence-electron chi connectivity index (χ1n) is 6.73. The molecule has 96 valence electrons. The van der Waals surface area contributed by atoms with E-state index in [9.17, 15) is 5.11 Å². The van der Waals surface area contributed by atoms with Crippen LogP contribution in [-0.4, -0.2) is 23.9 Å². The van der Waals surface area contributed by atoms with E-state index in [-0.39, 0.29) is 6.10 Å². The van der Waals surface area contributed by atoms with Gasteiger partial charge in [-0.1, -0.05) is 27.7 Å². The van der Waals surface area contributed by atoms with Gasteiger partial charge in [0.2, 0.25) is 0 Å². The van der Waals surface area contributed by atoms with Crippen molar-refractivity contribution in [2.45, 2.75) is 72.0 Å². The van der Waals surface area contributed by atoms with Crippen LogP contribution < -0.4 is 0 Å². The van der Waals surface area contributed by atoms with Crippen molar-refractivity contribution in [3.63, 3.8) is 0 Å². The van der Waals surface area contributed by atoms with Crippen LogP contribution in [0.15, 0.2) is 0 Å². The van der Waals surface area contributed by atoms with Gasteiger partial charge < -0.3 is 9.84 Å². The minimum absolute atomic E-state index is 0.277.